The third kappa shape index (κ3) is 1.43. The highest BCUT2D eigenvalue weighted by atomic mass is 14.9. The molecule has 2 unspecified atom stereocenters. The summed E-state index contributed by atoms with van der Waals surface area (Å²) in [5, 5.41) is 11.6. The third-order valence-corrected chi connectivity index (χ3v) is 1.96. The van der Waals surface area contributed by atoms with Gasteiger partial charge in [0.15, 0.2) is 0 Å². The van der Waals surface area contributed by atoms with Crippen molar-refractivity contribution in [2.24, 2.45) is 5.92 Å². The molecule has 0 spiro atoms. The van der Waals surface area contributed by atoms with Crippen molar-refractivity contribution in [2.75, 3.05) is 6.54 Å². The van der Waals surface area contributed by atoms with Gasteiger partial charge in [0, 0.05) is 0 Å². The Morgan fingerprint density at radius 3 is 2.89 bits per heavy atom. The monoisotopic (exact) mass is 124 g/mol. The highest BCUT2D eigenvalue weighted by molar-refractivity contribution is 4.95. The lowest BCUT2D eigenvalue weighted by Gasteiger charge is -1.99. The molecule has 1 saturated heterocycles. The van der Waals surface area contributed by atoms with Crippen molar-refractivity contribution in [3.8, 4) is 6.07 Å². The summed E-state index contributed by atoms with van der Waals surface area (Å²) < 4.78 is 0. The summed E-state index contributed by atoms with van der Waals surface area (Å²) in [7, 11) is 0. The number of hydrogen-bond acceptors (Lipinski definition) is 2. The van der Waals surface area contributed by atoms with Crippen LogP contribution in [0.2, 0.25) is 0 Å². The highest BCUT2D eigenvalue weighted by Gasteiger charge is 2.21. The van der Waals surface area contributed by atoms with Crippen molar-refractivity contribution in [2.45, 2.75) is 25.8 Å². The fraction of sp³-hybridized carbons (Fsp3) is 0.857. The van der Waals surface area contributed by atoms with Gasteiger partial charge in [-0.2, -0.15) is 5.26 Å². The Morgan fingerprint density at radius 2 is 2.56 bits per heavy atom. The van der Waals surface area contributed by atoms with Gasteiger partial charge in [-0.15, -0.1) is 0 Å². The van der Waals surface area contributed by atoms with Crippen LogP contribution in [0.4, 0.5) is 0 Å². The number of nitriles is 1. The van der Waals surface area contributed by atoms with E-state index in [1.54, 1.807) is 0 Å². The van der Waals surface area contributed by atoms with Crippen LogP contribution in [0.3, 0.4) is 0 Å². The van der Waals surface area contributed by atoms with E-state index in [0.29, 0.717) is 0 Å². The summed E-state index contributed by atoms with van der Waals surface area (Å²) in [6, 6.07) is 2.35. The lowest BCUT2D eigenvalue weighted by molar-refractivity contribution is 0.557. The molecule has 50 valence electrons. The van der Waals surface area contributed by atoms with Gasteiger partial charge in [-0.1, -0.05) is 13.3 Å². The summed E-state index contributed by atoms with van der Waals surface area (Å²) >= 11 is 0. The molecule has 1 rings (SSSR count). The smallest absolute Gasteiger partial charge is 0.0956 e. The van der Waals surface area contributed by atoms with Crippen LogP contribution in [-0.4, -0.2) is 12.6 Å². The van der Waals surface area contributed by atoms with Crippen molar-refractivity contribution in [1.29, 1.82) is 5.26 Å². The van der Waals surface area contributed by atoms with E-state index in [2.05, 4.69) is 18.3 Å². The van der Waals surface area contributed by atoms with Crippen LogP contribution < -0.4 is 5.32 Å². The van der Waals surface area contributed by atoms with Crippen LogP contribution in [0.1, 0.15) is 19.8 Å². The lowest BCUT2D eigenvalue weighted by Crippen LogP contribution is -2.18. The van der Waals surface area contributed by atoms with Crippen LogP contribution in [0.25, 0.3) is 0 Å². The summed E-state index contributed by atoms with van der Waals surface area (Å²) in [6.45, 7) is 3.21. The molecule has 0 radical (unpaired) electrons. The first-order valence-corrected chi connectivity index (χ1v) is 3.49. The Kier molecular flexibility index (Phi) is 2.07. The molecule has 0 amide bonds. The first-order valence-electron chi connectivity index (χ1n) is 3.49. The lowest BCUT2D eigenvalue weighted by atomic mass is 10.0. The maximum absolute atomic E-state index is 8.47. The van der Waals surface area contributed by atoms with Gasteiger partial charge in [-0.05, 0) is 18.9 Å². The average molecular weight is 124 g/mol. The van der Waals surface area contributed by atoms with Gasteiger partial charge < -0.3 is 5.32 Å². The predicted octanol–water partition coefficient (Wildman–Crippen LogP) is 0.898. The maximum Gasteiger partial charge on any atom is 0.0956 e. The molecule has 1 heterocycles. The molecule has 0 aliphatic carbocycles. The van der Waals surface area contributed by atoms with Crippen molar-refractivity contribution in [3.05, 3.63) is 0 Å². The van der Waals surface area contributed by atoms with Gasteiger partial charge in [0.05, 0.1) is 12.1 Å². The molecule has 9 heavy (non-hydrogen) atoms. The molecule has 0 aromatic rings. The molecule has 2 heteroatoms. The Morgan fingerprint density at radius 1 is 1.78 bits per heavy atom. The Balaban J connectivity index is 2.31. The molecule has 0 aromatic heterocycles. The summed E-state index contributed by atoms with van der Waals surface area (Å²) in [4.78, 5) is 0. The molecular formula is C7H12N2. The second kappa shape index (κ2) is 2.84. The first kappa shape index (κ1) is 6.57. The number of hydrogen-bond donors (Lipinski definition) is 1. The van der Waals surface area contributed by atoms with Crippen molar-refractivity contribution >= 4 is 0 Å². The minimum absolute atomic E-state index is 0.134. The molecule has 1 fully saturated rings. The van der Waals surface area contributed by atoms with Gasteiger partial charge in [0.1, 0.15) is 0 Å². The van der Waals surface area contributed by atoms with Crippen LogP contribution in [-0.2, 0) is 0 Å². The standard InChI is InChI=1S/C7H12N2/c1-2-6-3-7(4-8)9-5-6/h6-7,9H,2-3,5H2,1H3. The van der Waals surface area contributed by atoms with E-state index in [1.807, 2.05) is 0 Å². The van der Waals surface area contributed by atoms with Crippen LogP contribution in [0, 0.1) is 17.2 Å². The molecule has 0 bridgehead atoms. The second-order valence-electron chi connectivity index (χ2n) is 2.60. The van der Waals surface area contributed by atoms with Gasteiger partial charge >= 0.3 is 0 Å². The maximum atomic E-state index is 8.47. The minimum atomic E-state index is 0.134. The zero-order valence-corrected chi connectivity index (χ0v) is 5.72. The van der Waals surface area contributed by atoms with Crippen LogP contribution in [0.15, 0.2) is 0 Å². The molecule has 2 atom stereocenters. The van der Waals surface area contributed by atoms with E-state index in [0.717, 1.165) is 18.9 Å². The molecule has 0 saturated carbocycles. The van der Waals surface area contributed by atoms with E-state index in [4.69, 9.17) is 5.26 Å². The van der Waals surface area contributed by atoms with Crippen molar-refractivity contribution < 1.29 is 0 Å². The molecule has 2 nitrogen and oxygen atoms in total. The summed E-state index contributed by atoms with van der Waals surface area (Å²) in [5.41, 5.74) is 0. The average Bonchev–Trinajstić information content (AvgIpc) is 2.34. The van der Waals surface area contributed by atoms with E-state index in [-0.39, 0.29) is 6.04 Å². The molecular weight excluding hydrogens is 112 g/mol. The fourth-order valence-corrected chi connectivity index (χ4v) is 1.22. The Hall–Kier alpha value is -0.550. The third-order valence-electron chi connectivity index (χ3n) is 1.96. The molecule has 1 aliphatic heterocycles. The van der Waals surface area contributed by atoms with Gasteiger partial charge in [-0.25, -0.2) is 0 Å². The minimum Gasteiger partial charge on any atom is -0.302 e. The predicted molar refractivity (Wildman–Crippen MR) is 35.8 cm³/mol. The van der Waals surface area contributed by atoms with Gasteiger partial charge in [0.25, 0.3) is 0 Å². The first-order chi connectivity index (χ1) is 4.36. The molecule has 0 aromatic carbocycles. The van der Waals surface area contributed by atoms with Crippen LogP contribution >= 0.6 is 0 Å². The number of rotatable bonds is 1. The normalized spacial score (nSPS) is 34.2. The SMILES string of the molecule is CCC1CNC(C#N)C1. The largest absolute Gasteiger partial charge is 0.302 e. The van der Waals surface area contributed by atoms with Crippen molar-refractivity contribution in [3.63, 3.8) is 0 Å². The number of nitrogens with zero attached hydrogens (tertiary/aromatic N) is 1. The van der Waals surface area contributed by atoms with Gasteiger partial charge in [0.2, 0.25) is 0 Å². The molecule has 1 aliphatic rings. The van der Waals surface area contributed by atoms with E-state index in [1.165, 1.54) is 6.42 Å². The second-order valence-corrected chi connectivity index (χ2v) is 2.60. The zero-order valence-electron chi connectivity index (χ0n) is 5.72. The Labute approximate surface area is 55.9 Å². The fourth-order valence-electron chi connectivity index (χ4n) is 1.22. The zero-order chi connectivity index (χ0) is 6.69. The highest BCUT2D eigenvalue weighted by Crippen LogP contribution is 2.15. The van der Waals surface area contributed by atoms with E-state index < -0.39 is 0 Å². The molecule has 1 N–H and O–H groups in total. The Bertz CT molecular complexity index is 125. The van der Waals surface area contributed by atoms with Crippen LogP contribution in [0.5, 0.6) is 0 Å². The van der Waals surface area contributed by atoms with Gasteiger partial charge in [-0.3, -0.25) is 0 Å². The summed E-state index contributed by atoms with van der Waals surface area (Å²) in [6.07, 6.45) is 2.25. The number of nitrogens with one attached hydrogen (secondary N) is 1. The summed E-state index contributed by atoms with van der Waals surface area (Å²) in [5.74, 6) is 0.745. The van der Waals surface area contributed by atoms with E-state index in [9.17, 15) is 0 Å². The topological polar surface area (TPSA) is 35.8 Å². The van der Waals surface area contributed by atoms with E-state index >= 15 is 0 Å². The quantitative estimate of drug-likeness (QED) is 0.563. The van der Waals surface area contributed by atoms with Crippen molar-refractivity contribution in [1.82, 2.24) is 5.32 Å².